The minimum Gasteiger partial charge on any atom is -0.387 e. The third-order valence-corrected chi connectivity index (χ3v) is 5.25. The SMILES string of the molecule is O=C(NCC(O)c1ccc(F)cc1)c1ccc2c(=O)n(-c3ccccc3F)c(=S)[nH]c2c1. The third-order valence-electron chi connectivity index (χ3n) is 4.96. The highest BCUT2D eigenvalue weighted by atomic mass is 32.1. The van der Waals surface area contributed by atoms with Gasteiger partial charge in [0.25, 0.3) is 11.5 Å². The van der Waals surface area contributed by atoms with Crippen LogP contribution in [0.25, 0.3) is 16.6 Å². The smallest absolute Gasteiger partial charge is 0.266 e. The summed E-state index contributed by atoms with van der Waals surface area (Å²) < 4.78 is 28.2. The molecule has 0 aliphatic carbocycles. The fraction of sp³-hybridized carbons (Fsp3) is 0.0870. The number of nitrogens with zero attached hydrogens (tertiary/aromatic N) is 1. The summed E-state index contributed by atoms with van der Waals surface area (Å²) in [5.41, 5.74) is 0.518. The summed E-state index contributed by atoms with van der Waals surface area (Å²) in [6.45, 7) is -0.0899. The van der Waals surface area contributed by atoms with Crippen LogP contribution in [0.1, 0.15) is 22.0 Å². The Morgan fingerprint density at radius 2 is 1.81 bits per heavy atom. The fourth-order valence-electron chi connectivity index (χ4n) is 3.31. The Morgan fingerprint density at radius 3 is 2.53 bits per heavy atom. The number of aliphatic hydroxyl groups is 1. The number of hydrogen-bond acceptors (Lipinski definition) is 4. The molecular formula is C23H17F2N3O3S. The molecule has 4 aromatic rings. The summed E-state index contributed by atoms with van der Waals surface area (Å²) in [5, 5.41) is 13.0. The molecule has 0 bridgehead atoms. The van der Waals surface area contributed by atoms with Crippen LogP contribution in [0.3, 0.4) is 0 Å². The molecule has 3 aromatic carbocycles. The number of halogens is 2. The second kappa shape index (κ2) is 8.81. The number of hydrogen-bond donors (Lipinski definition) is 3. The first-order valence-electron chi connectivity index (χ1n) is 9.61. The van der Waals surface area contributed by atoms with E-state index >= 15 is 0 Å². The van der Waals surface area contributed by atoms with Crippen molar-refractivity contribution in [1.82, 2.24) is 14.9 Å². The molecule has 0 aliphatic rings. The van der Waals surface area contributed by atoms with Crippen LogP contribution < -0.4 is 10.9 Å². The zero-order chi connectivity index (χ0) is 22.8. The maximum atomic E-state index is 14.2. The molecule has 0 fully saturated rings. The number of benzene rings is 3. The van der Waals surface area contributed by atoms with Crippen LogP contribution in [-0.4, -0.2) is 27.1 Å². The number of H-pyrrole nitrogens is 1. The Bertz CT molecular complexity index is 1430. The summed E-state index contributed by atoms with van der Waals surface area (Å²) in [5.74, 6) is -1.50. The van der Waals surface area contributed by atoms with Crippen LogP contribution in [0.2, 0.25) is 0 Å². The van der Waals surface area contributed by atoms with Crippen LogP contribution in [0.4, 0.5) is 8.78 Å². The molecule has 9 heteroatoms. The van der Waals surface area contributed by atoms with E-state index in [0.717, 1.165) is 4.57 Å². The highest BCUT2D eigenvalue weighted by molar-refractivity contribution is 7.71. The van der Waals surface area contributed by atoms with Gasteiger partial charge in [-0.2, -0.15) is 0 Å². The maximum absolute atomic E-state index is 14.2. The van der Waals surface area contributed by atoms with Crippen LogP contribution in [-0.2, 0) is 0 Å². The second-order valence-electron chi connectivity index (χ2n) is 7.06. The molecule has 0 saturated carbocycles. The molecule has 162 valence electrons. The van der Waals surface area contributed by atoms with Crippen molar-refractivity contribution in [2.75, 3.05) is 6.54 Å². The molecule has 4 rings (SSSR count). The Balaban J connectivity index is 1.60. The number of aromatic amines is 1. The van der Waals surface area contributed by atoms with Gasteiger partial charge in [-0.05, 0) is 60.2 Å². The van der Waals surface area contributed by atoms with Gasteiger partial charge in [0.15, 0.2) is 4.77 Å². The molecule has 1 amide bonds. The van der Waals surface area contributed by atoms with Crippen molar-refractivity contribution < 1.29 is 18.7 Å². The van der Waals surface area contributed by atoms with E-state index in [-0.39, 0.29) is 28.0 Å². The van der Waals surface area contributed by atoms with Gasteiger partial charge in [0, 0.05) is 12.1 Å². The largest absolute Gasteiger partial charge is 0.387 e. The number of para-hydroxylation sites is 1. The maximum Gasteiger partial charge on any atom is 0.266 e. The van der Waals surface area contributed by atoms with Gasteiger partial charge in [-0.3, -0.25) is 9.59 Å². The van der Waals surface area contributed by atoms with E-state index in [1.165, 1.54) is 60.7 Å². The molecular weight excluding hydrogens is 436 g/mol. The molecule has 1 unspecified atom stereocenters. The van der Waals surface area contributed by atoms with E-state index in [9.17, 15) is 23.5 Å². The number of amides is 1. The Kier molecular flexibility index (Phi) is 5.93. The molecule has 0 radical (unpaired) electrons. The van der Waals surface area contributed by atoms with Gasteiger partial charge >= 0.3 is 0 Å². The number of aromatic nitrogens is 2. The number of aliphatic hydroxyl groups excluding tert-OH is 1. The van der Waals surface area contributed by atoms with Crippen LogP contribution in [0, 0.1) is 16.4 Å². The minimum atomic E-state index is -1.02. The first-order valence-corrected chi connectivity index (χ1v) is 10.0. The van der Waals surface area contributed by atoms with E-state index in [4.69, 9.17) is 12.2 Å². The van der Waals surface area contributed by atoms with Gasteiger partial charge in [0.1, 0.15) is 11.6 Å². The fourth-order valence-corrected chi connectivity index (χ4v) is 3.60. The summed E-state index contributed by atoms with van der Waals surface area (Å²) >= 11 is 5.25. The zero-order valence-electron chi connectivity index (χ0n) is 16.5. The highest BCUT2D eigenvalue weighted by Crippen LogP contribution is 2.16. The van der Waals surface area contributed by atoms with Crippen molar-refractivity contribution >= 4 is 29.0 Å². The second-order valence-corrected chi connectivity index (χ2v) is 7.45. The monoisotopic (exact) mass is 453 g/mol. The first kappa shape index (κ1) is 21.5. The van der Waals surface area contributed by atoms with E-state index in [0.29, 0.717) is 11.1 Å². The summed E-state index contributed by atoms with van der Waals surface area (Å²) in [7, 11) is 0. The van der Waals surface area contributed by atoms with E-state index in [1.807, 2.05) is 0 Å². The molecule has 32 heavy (non-hydrogen) atoms. The van der Waals surface area contributed by atoms with Crippen LogP contribution >= 0.6 is 12.2 Å². The van der Waals surface area contributed by atoms with Gasteiger partial charge in [-0.15, -0.1) is 0 Å². The molecule has 0 aliphatic heterocycles. The lowest BCUT2D eigenvalue weighted by Crippen LogP contribution is -2.28. The summed E-state index contributed by atoms with van der Waals surface area (Å²) in [6, 6.07) is 15.4. The summed E-state index contributed by atoms with van der Waals surface area (Å²) in [4.78, 5) is 28.3. The van der Waals surface area contributed by atoms with Gasteiger partial charge in [0.2, 0.25) is 0 Å². The molecule has 6 nitrogen and oxygen atoms in total. The van der Waals surface area contributed by atoms with E-state index in [1.54, 1.807) is 6.07 Å². The molecule has 3 N–H and O–H groups in total. The average Bonchev–Trinajstić information content (AvgIpc) is 2.78. The molecule has 0 spiro atoms. The van der Waals surface area contributed by atoms with Crippen molar-refractivity contribution in [1.29, 1.82) is 0 Å². The molecule has 0 saturated heterocycles. The number of rotatable bonds is 5. The standard InChI is InChI=1S/C23H17F2N3O3S/c24-15-8-5-13(6-9-15)20(29)12-26-21(30)14-7-10-16-18(11-14)27-23(32)28(22(16)31)19-4-2-1-3-17(19)25/h1-11,20,29H,12H2,(H,26,30)(H,27,32). The van der Waals surface area contributed by atoms with Gasteiger partial charge in [-0.1, -0.05) is 24.3 Å². The number of fused-ring (bicyclic) bond motifs is 1. The average molecular weight is 453 g/mol. The predicted molar refractivity (Wildman–Crippen MR) is 118 cm³/mol. The van der Waals surface area contributed by atoms with E-state index < -0.39 is 29.2 Å². The van der Waals surface area contributed by atoms with Crippen molar-refractivity contribution in [3.05, 3.63) is 105 Å². The van der Waals surface area contributed by atoms with Gasteiger partial charge in [0.05, 0.1) is 22.7 Å². The van der Waals surface area contributed by atoms with Gasteiger partial charge < -0.3 is 15.4 Å². The van der Waals surface area contributed by atoms with E-state index in [2.05, 4.69) is 10.3 Å². The number of nitrogens with one attached hydrogen (secondary N) is 2. The molecule has 1 aromatic heterocycles. The van der Waals surface area contributed by atoms with Crippen LogP contribution in [0.5, 0.6) is 0 Å². The summed E-state index contributed by atoms with van der Waals surface area (Å²) in [6.07, 6.45) is -1.02. The molecule has 1 heterocycles. The molecule has 1 atom stereocenters. The van der Waals surface area contributed by atoms with Crippen molar-refractivity contribution in [2.45, 2.75) is 6.10 Å². The third kappa shape index (κ3) is 4.20. The quantitative estimate of drug-likeness (QED) is 0.402. The number of carbonyl (C=O) groups is 1. The lowest BCUT2D eigenvalue weighted by Gasteiger charge is -2.13. The zero-order valence-corrected chi connectivity index (χ0v) is 17.3. The number of carbonyl (C=O) groups excluding carboxylic acids is 1. The Labute approximate surface area is 185 Å². The lowest BCUT2D eigenvalue weighted by atomic mass is 10.1. The Hall–Kier alpha value is -3.69. The normalized spacial score (nSPS) is 12.0. The highest BCUT2D eigenvalue weighted by Gasteiger charge is 2.15. The van der Waals surface area contributed by atoms with Crippen molar-refractivity contribution in [3.8, 4) is 5.69 Å². The predicted octanol–water partition coefficient (Wildman–Crippen LogP) is 3.79. The first-order chi connectivity index (χ1) is 15.3. The van der Waals surface area contributed by atoms with Crippen molar-refractivity contribution in [2.24, 2.45) is 0 Å². The minimum absolute atomic E-state index is 0.0168. The lowest BCUT2D eigenvalue weighted by molar-refractivity contribution is 0.0916. The van der Waals surface area contributed by atoms with Crippen LogP contribution in [0.15, 0.2) is 71.5 Å². The topological polar surface area (TPSA) is 87.1 Å². The van der Waals surface area contributed by atoms with Crippen molar-refractivity contribution in [3.63, 3.8) is 0 Å². The van der Waals surface area contributed by atoms with Gasteiger partial charge in [-0.25, -0.2) is 13.3 Å². The Morgan fingerprint density at radius 1 is 1.09 bits per heavy atom.